The molecule has 2 rings (SSSR count). The predicted octanol–water partition coefficient (Wildman–Crippen LogP) is 2.30. The highest BCUT2D eigenvalue weighted by atomic mass is 16.5. The van der Waals surface area contributed by atoms with Crippen LogP contribution in [0.4, 0.5) is 5.69 Å². The fourth-order valence-electron chi connectivity index (χ4n) is 2.63. The second kappa shape index (κ2) is 4.78. The topological polar surface area (TPSA) is 29.5 Å². The molecule has 3 heteroatoms. The maximum absolute atomic E-state index is 11.5. The van der Waals surface area contributed by atoms with Crippen molar-refractivity contribution in [2.24, 2.45) is 5.92 Å². The molecule has 0 saturated carbocycles. The number of carbonyl (C=O) groups is 1. The van der Waals surface area contributed by atoms with Crippen LogP contribution in [0.25, 0.3) is 0 Å². The highest BCUT2D eigenvalue weighted by Gasteiger charge is 2.30. The van der Waals surface area contributed by atoms with Gasteiger partial charge in [0.1, 0.15) is 0 Å². The summed E-state index contributed by atoms with van der Waals surface area (Å²) in [6.07, 6.45) is 0.889. The first-order chi connectivity index (χ1) is 8.13. The molecule has 1 aliphatic rings. The number of esters is 1. The lowest BCUT2D eigenvalue weighted by molar-refractivity contribution is -0.144. The van der Waals surface area contributed by atoms with E-state index in [0.29, 0.717) is 0 Å². The van der Waals surface area contributed by atoms with Crippen molar-refractivity contribution < 1.29 is 9.53 Å². The molecule has 1 atom stereocenters. The van der Waals surface area contributed by atoms with Crippen LogP contribution in [-0.4, -0.2) is 26.2 Å². The lowest BCUT2D eigenvalue weighted by Gasteiger charge is -2.22. The lowest BCUT2D eigenvalue weighted by Crippen LogP contribution is -2.24. The van der Waals surface area contributed by atoms with E-state index in [-0.39, 0.29) is 11.9 Å². The minimum Gasteiger partial charge on any atom is -0.469 e. The number of nitrogens with zero attached hydrogens (tertiary/aromatic N) is 1. The summed E-state index contributed by atoms with van der Waals surface area (Å²) in [6, 6.07) is 6.31. The van der Waals surface area contributed by atoms with Crippen LogP contribution >= 0.6 is 0 Å². The van der Waals surface area contributed by atoms with Crippen LogP contribution < -0.4 is 4.90 Å². The van der Waals surface area contributed by atoms with E-state index in [9.17, 15) is 4.79 Å². The molecule has 1 aromatic carbocycles. The van der Waals surface area contributed by atoms with Crippen molar-refractivity contribution in [2.45, 2.75) is 20.3 Å². The first-order valence-electron chi connectivity index (χ1n) is 6.02. The van der Waals surface area contributed by atoms with Gasteiger partial charge in [-0.05, 0) is 31.4 Å². The zero-order chi connectivity index (χ0) is 12.4. The van der Waals surface area contributed by atoms with E-state index in [1.165, 1.54) is 23.9 Å². The summed E-state index contributed by atoms with van der Waals surface area (Å²) in [4.78, 5) is 13.8. The van der Waals surface area contributed by atoms with E-state index in [2.05, 4.69) is 36.9 Å². The number of methoxy groups -OCH3 is 1. The van der Waals surface area contributed by atoms with Gasteiger partial charge in [0.2, 0.25) is 0 Å². The summed E-state index contributed by atoms with van der Waals surface area (Å²) in [5.74, 6) is -0.0576. The van der Waals surface area contributed by atoms with Crippen LogP contribution in [0.15, 0.2) is 18.2 Å². The number of ether oxygens (including phenoxy) is 1. The Hall–Kier alpha value is -1.51. The molecule has 3 nitrogen and oxygen atoms in total. The van der Waals surface area contributed by atoms with Crippen LogP contribution in [0.3, 0.4) is 0 Å². The molecule has 1 saturated heterocycles. The van der Waals surface area contributed by atoms with Gasteiger partial charge in [-0.25, -0.2) is 0 Å². The van der Waals surface area contributed by atoms with Crippen LogP contribution in [0, 0.1) is 19.8 Å². The number of aryl methyl sites for hydroxylation is 2. The Bertz CT molecular complexity index is 408. The molecule has 0 radical (unpaired) electrons. The van der Waals surface area contributed by atoms with Gasteiger partial charge in [-0.3, -0.25) is 4.79 Å². The maximum Gasteiger partial charge on any atom is 0.310 e. The summed E-state index contributed by atoms with van der Waals surface area (Å²) < 4.78 is 4.81. The number of anilines is 1. The van der Waals surface area contributed by atoms with Crippen molar-refractivity contribution in [1.82, 2.24) is 0 Å². The van der Waals surface area contributed by atoms with Crippen molar-refractivity contribution in [3.05, 3.63) is 29.3 Å². The smallest absolute Gasteiger partial charge is 0.310 e. The number of carbonyl (C=O) groups excluding carboxylic acids is 1. The highest BCUT2D eigenvalue weighted by Crippen LogP contribution is 2.30. The van der Waals surface area contributed by atoms with Gasteiger partial charge in [0.05, 0.1) is 13.0 Å². The number of rotatable bonds is 2. The fourth-order valence-corrected chi connectivity index (χ4v) is 2.63. The summed E-state index contributed by atoms with van der Waals surface area (Å²) in [5.41, 5.74) is 3.82. The van der Waals surface area contributed by atoms with Crippen LogP contribution in [0.1, 0.15) is 17.5 Å². The van der Waals surface area contributed by atoms with Crippen molar-refractivity contribution in [1.29, 1.82) is 0 Å². The summed E-state index contributed by atoms with van der Waals surface area (Å²) in [5, 5.41) is 0. The Morgan fingerprint density at radius 3 is 2.59 bits per heavy atom. The Kier molecular flexibility index (Phi) is 3.36. The zero-order valence-electron chi connectivity index (χ0n) is 10.7. The quantitative estimate of drug-likeness (QED) is 0.734. The number of benzene rings is 1. The van der Waals surface area contributed by atoms with E-state index in [1.54, 1.807) is 0 Å². The average molecular weight is 233 g/mol. The molecule has 0 aliphatic carbocycles. The zero-order valence-corrected chi connectivity index (χ0v) is 10.7. The van der Waals surface area contributed by atoms with Gasteiger partial charge in [-0.1, -0.05) is 18.2 Å². The number of hydrogen-bond donors (Lipinski definition) is 0. The molecular weight excluding hydrogens is 214 g/mol. The molecule has 0 spiro atoms. The first kappa shape index (κ1) is 12.0. The Morgan fingerprint density at radius 2 is 2.00 bits per heavy atom. The molecule has 1 heterocycles. The third-order valence-corrected chi connectivity index (χ3v) is 3.48. The van der Waals surface area contributed by atoms with Crippen LogP contribution in [0.2, 0.25) is 0 Å². The van der Waals surface area contributed by atoms with Crippen molar-refractivity contribution in [3.8, 4) is 0 Å². The van der Waals surface area contributed by atoms with E-state index in [1.807, 2.05) is 0 Å². The van der Waals surface area contributed by atoms with Crippen LogP contribution in [0.5, 0.6) is 0 Å². The molecule has 1 aliphatic heterocycles. The molecule has 1 aromatic rings. The maximum atomic E-state index is 11.5. The van der Waals surface area contributed by atoms with Gasteiger partial charge in [-0.15, -0.1) is 0 Å². The van der Waals surface area contributed by atoms with Gasteiger partial charge >= 0.3 is 5.97 Å². The van der Waals surface area contributed by atoms with Gasteiger partial charge in [0.25, 0.3) is 0 Å². The van der Waals surface area contributed by atoms with E-state index in [4.69, 9.17) is 4.74 Å². The normalized spacial score (nSPS) is 19.5. The minimum absolute atomic E-state index is 0.0269. The molecule has 0 N–H and O–H groups in total. The highest BCUT2D eigenvalue weighted by molar-refractivity contribution is 5.74. The van der Waals surface area contributed by atoms with Gasteiger partial charge in [-0.2, -0.15) is 0 Å². The van der Waals surface area contributed by atoms with Crippen molar-refractivity contribution in [3.63, 3.8) is 0 Å². The molecule has 0 aromatic heterocycles. The number of para-hydroxylation sites is 1. The van der Waals surface area contributed by atoms with Gasteiger partial charge in [0.15, 0.2) is 0 Å². The van der Waals surface area contributed by atoms with Crippen molar-refractivity contribution in [2.75, 3.05) is 25.1 Å². The second-order valence-electron chi connectivity index (χ2n) is 4.70. The molecule has 0 bridgehead atoms. The third-order valence-electron chi connectivity index (χ3n) is 3.48. The number of hydrogen-bond acceptors (Lipinski definition) is 3. The minimum atomic E-state index is -0.0845. The average Bonchev–Trinajstić information content (AvgIpc) is 2.77. The molecule has 17 heavy (non-hydrogen) atoms. The van der Waals surface area contributed by atoms with Crippen LogP contribution in [-0.2, 0) is 9.53 Å². The van der Waals surface area contributed by atoms with Gasteiger partial charge < -0.3 is 9.64 Å². The molecule has 1 unspecified atom stereocenters. The third kappa shape index (κ3) is 2.28. The lowest BCUT2D eigenvalue weighted by atomic mass is 10.1. The van der Waals surface area contributed by atoms with E-state index < -0.39 is 0 Å². The van der Waals surface area contributed by atoms with E-state index >= 15 is 0 Å². The summed E-state index contributed by atoms with van der Waals surface area (Å²) in [7, 11) is 1.46. The largest absolute Gasteiger partial charge is 0.469 e. The Labute approximate surface area is 102 Å². The standard InChI is InChI=1S/C14H19NO2/c1-10-5-4-6-11(2)13(10)15-8-7-12(9-15)14(16)17-3/h4-6,12H,7-9H2,1-3H3. The summed E-state index contributed by atoms with van der Waals surface area (Å²) in [6.45, 7) is 5.95. The molecule has 92 valence electrons. The van der Waals surface area contributed by atoms with E-state index in [0.717, 1.165) is 19.5 Å². The Balaban J connectivity index is 2.18. The summed E-state index contributed by atoms with van der Waals surface area (Å²) >= 11 is 0. The first-order valence-corrected chi connectivity index (χ1v) is 6.02. The molecule has 1 fully saturated rings. The molecular formula is C14H19NO2. The Morgan fingerprint density at radius 1 is 1.35 bits per heavy atom. The van der Waals surface area contributed by atoms with Gasteiger partial charge in [0, 0.05) is 18.8 Å². The fraction of sp³-hybridized carbons (Fsp3) is 0.500. The molecule has 0 amide bonds. The monoisotopic (exact) mass is 233 g/mol. The second-order valence-corrected chi connectivity index (χ2v) is 4.70. The SMILES string of the molecule is COC(=O)C1CCN(c2c(C)cccc2C)C1. The predicted molar refractivity (Wildman–Crippen MR) is 68.3 cm³/mol. The van der Waals surface area contributed by atoms with Crippen molar-refractivity contribution >= 4 is 11.7 Å².